The van der Waals surface area contributed by atoms with E-state index in [2.05, 4.69) is 10.9 Å². The van der Waals surface area contributed by atoms with Gasteiger partial charge in [-0.15, -0.1) is 22.7 Å². The Kier molecular flexibility index (Phi) is 6.70. The third-order valence-electron chi connectivity index (χ3n) is 3.28. The van der Waals surface area contributed by atoms with Crippen LogP contribution in [0.3, 0.4) is 0 Å². The van der Waals surface area contributed by atoms with Gasteiger partial charge < -0.3 is 10.2 Å². The Labute approximate surface area is 161 Å². The number of hydrogen-bond acceptors (Lipinski definition) is 8. The molecule has 0 bridgehead atoms. The van der Waals surface area contributed by atoms with E-state index < -0.39 is 17.7 Å². The van der Waals surface area contributed by atoms with Crippen LogP contribution in [-0.4, -0.2) is 31.4 Å². The first kappa shape index (κ1) is 19.6. The van der Waals surface area contributed by atoms with Crippen molar-refractivity contribution in [1.29, 1.82) is 0 Å². The van der Waals surface area contributed by atoms with Crippen LogP contribution >= 0.6 is 47.1 Å². The average Bonchev–Trinajstić information content (AvgIpc) is 3.05. The van der Waals surface area contributed by atoms with Crippen LogP contribution in [0, 0.1) is 13.8 Å². The van der Waals surface area contributed by atoms with Gasteiger partial charge in [-0.25, -0.2) is 0 Å². The molecule has 0 atom stereocenters. The number of thiazole rings is 2. The Balaban J connectivity index is 2.19. The Bertz CT molecular complexity index is 813. The smallest absolute Gasteiger partial charge is 0.251 e. The molecule has 136 valence electrons. The standard InChI is InChI=1S/C13H16N4O4S4/c1-2-3-4-7(10(20)14-16-8(18)5-24-12(16)22)11(21)15-17-9(19)6-25-13(17)23/h5-7,18-19H,2-4H2,1H3,(H,14,20)(H,15,21). The summed E-state index contributed by atoms with van der Waals surface area (Å²) < 4.78 is 2.58. The number of nitrogens with one attached hydrogen (secondary N) is 2. The average molecular weight is 421 g/mol. The van der Waals surface area contributed by atoms with Crippen molar-refractivity contribution in [3.8, 4) is 11.8 Å². The van der Waals surface area contributed by atoms with Crippen molar-refractivity contribution in [3.05, 3.63) is 18.7 Å². The zero-order chi connectivity index (χ0) is 18.6. The summed E-state index contributed by atoms with van der Waals surface area (Å²) in [6.07, 6.45) is 1.74. The van der Waals surface area contributed by atoms with Crippen LogP contribution in [0.15, 0.2) is 10.8 Å². The highest BCUT2D eigenvalue weighted by molar-refractivity contribution is 7.73. The molecule has 2 aromatic rings. The number of carbonyl (C=O) groups is 2. The number of hydrogen-bond donors (Lipinski definition) is 4. The van der Waals surface area contributed by atoms with Gasteiger partial charge in [-0.2, -0.15) is 9.35 Å². The van der Waals surface area contributed by atoms with E-state index in [0.29, 0.717) is 12.8 Å². The normalized spacial score (nSPS) is 10.8. The van der Waals surface area contributed by atoms with E-state index in [0.717, 1.165) is 38.4 Å². The van der Waals surface area contributed by atoms with E-state index in [1.54, 1.807) is 0 Å². The Morgan fingerprint density at radius 2 is 1.52 bits per heavy atom. The fourth-order valence-electron chi connectivity index (χ4n) is 1.98. The van der Waals surface area contributed by atoms with E-state index in [9.17, 15) is 19.8 Å². The van der Waals surface area contributed by atoms with Crippen molar-refractivity contribution in [2.24, 2.45) is 5.92 Å². The molecule has 0 unspecified atom stereocenters. The molecule has 0 aromatic carbocycles. The molecule has 0 saturated heterocycles. The minimum absolute atomic E-state index is 0.212. The lowest BCUT2D eigenvalue weighted by Gasteiger charge is -2.17. The van der Waals surface area contributed by atoms with Crippen molar-refractivity contribution in [2.75, 3.05) is 10.9 Å². The number of aromatic hydroxyl groups is 2. The summed E-state index contributed by atoms with van der Waals surface area (Å²) >= 11 is 12.2. The zero-order valence-corrected chi connectivity index (χ0v) is 16.4. The second-order valence-electron chi connectivity index (χ2n) is 5.04. The summed E-state index contributed by atoms with van der Waals surface area (Å²) in [5.74, 6) is -2.69. The van der Waals surface area contributed by atoms with Crippen molar-refractivity contribution >= 4 is 58.9 Å². The Morgan fingerprint density at radius 1 is 1.08 bits per heavy atom. The largest absolute Gasteiger partial charge is 0.493 e. The third kappa shape index (κ3) is 4.66. The molecular formula is C13H16N4O4S4. The van der Waals surface area contributed by atoms with E-state index in [1.165, 1.54) is 10.8 Å². The van der Waals surface area contributed by atoms with E-state index >= 15 is 0 Å². The molecule has 2 aromatic heterocycles. The first-order chi connectivity index (χ1) is 11.8. The van der Waals surface area contributed by atoms with Gasteiger partial charge in [-0.1, -0.05) is 19.8 Å². The predicted octanol–water partition coefficient (Wildman–Crippen LogP) is 2.93. The maximum atomic E-state index is 12.5. The number of rotatable bonds is 7. The van der Waals surface area contributed by atoms with Gasteiger partial charge in [0, 0.05) is 0 Å². The van der Waals surface area contributed by atoms with Gasteiger partial charge in [0.05, 0.1) is 10.8 Å². The van der Waals surface area contributed by atoms with E-state index in [-0.39, 0.29) is 19.7 Å². The fraction of sp³-hybridized carbons (Fsp3) is 0.385. The van der Waals surface area contributed by atoms with Crippen LogP contribution in [-0.2, 0) is 9.59 Å². The Morgan fingerprint density at radius 3 is 1.84 bits per heavy atom. The van der Waals surface area contributed by atoms with Gasteiger partial charge in [-0.05, 0) is 30.9 Å². The molecule has 0 aliphatic rings. The highest BCUT2D eigenvalue weighted by Crippen LogP contribution is 2.19. The molecule has 0 aliphatic heterocycles. The Hall–Kier alpha value is -1.76. The van der Waals surface area contributed by atoms with Crippen LogP contribution < -0.4 is 10.9 Å². The van der Waals surface area contributed by atoms with Crippen molar-refractivity contribution in [2.45, 2.75) is 26.2 Å². The quantitative estimate of drug-likeness (QED) is 0.405. The lowest BCUT2D eigenvalue weighted by Crippen LogP contribution is -2.39. The van der Waals surface area contributed by atoms with Crippen LogP contribution in [0.1, 0.15) is 26.2 Å². The molecule has 0 saturated carbocycles. The van der Waals surface area contributed by atoms with Gasteiger partial charge in [0.1, 0.15) is 5.92 Å². The highest BCUT2D eigenvalue weighted by Gasteiger charge is 2.28. The van der Waals surface area contributed by atoms with Crippen molar-refractivity contribution in [3.63, 3.8) is 0 Å². The minimum Gasteiger partial charge on any atom is -0.493 e. The van der Waals surface area contributed by atoms with Crippen LogP contribution in [0.25, 0.3) is 0 Å². The monoisotopic (exact) mass is 420 g/mol. The minimum atomic E-state index is -1.04. The molecule has 0 fully saturated rings. The van der Waals surface area contributed by atoms with Gasteiger partial charge in [0.15, 0.2) is 7.91 Å². The highest BCUT2D eigenvalue weighted by atomic mass is 32.2. The molecule has 0 radical (unpaired) electrons. The molecule has 2 amide bonds. The summed E-state index contributed by atoms with van der Waals surface area (Å²) in [5, 5.41) is 22.2. The molecule has 0 aliphatic carbocycles. The van der Waals surface area contributed by atoms with Crippen LogP contribution in [0.4, 0.5) is 0 Å². The number of carbonyl (C=O) groups excluding carboxylic acids is 2. The topological polar surface area (TPSA) is 109 Å². The first-order valence-electron chi connectivity index (χ1n) is 7.26. The summed E-state index contributed by atoms with van der Waals surface area (Å²) in [6.45, 7) is 1.94. The molecule has 4 N–H and O–H groups in total. The summed E-state index contributed by atoms with van der Waals surface area (Å²) in [6, 6.07) is 0. The van der Waals surface area contributed by atoms with Gasteiger partial charge in [0.2, 0.25) is 11.8 Å². The van der Waals surface area contributed by atoms with Gasteiger partial charge in [0.25, 0.3) is 11.8 Å². The predicted molar refractivity (Wildman–Crippen MR) is 101 cm³/mol. The maximum absolute atomic E-state index is 12.5. The molecule has 2 heterocycles. The first-order valence-corrected chi connectivity index (χ1v) is 9.83. The fourth-order valence-corrected chi connectivity index (χ4v) is 3.66. The van der Waals surface area contributed by atoms with Crippen molar-refractivity contribution in [1.82, 2.24) is 9.35 Å². The van der Waals surface area contributed by atoms with Crippen molar-refractivity contribution < 1.29 is 19.8 Å². The second kappa shape index (κ2) is 8.56. The summed E-state index contributed by atoms with van der Waals surface area (Å²) in [5.41, 5.74) is 4.87. The lowest BCUT2D eigenvalue weighted by atomic mass is 10.0. The van der Waals surface area contributed by atoms with Gasteiger partial charge in [-0.3, -0.25) is 20.4 Å². The number of unbranched alkanes of at least 4 members (excludes halogenated alkanes) is 1. The lowest BCUT2D eigenvalue weighted by molar-refractivity contribution is -0.130. The molecule has 0 spiro atoms. The summed E-state index contributed by atoms with van der Waals surface area (Å²) in [4.78, 5) is 25.0. The number of amides is 2. The molecule has 8 nitrogen and oxygen atoms in total. The van der Waals surface area contributed by atoms with Crippen LogP contribution in [0.2, 0.25) is 0 Å². The molecule has 25 heavy (non-hydrogen) atoms. The second-order valence-corrected chi connectivity index (χ2v) is 8.04. The maximum Gasteiger partial charge on any atom is 0.251 e. The zero-order valence-electron chi connectivity index (χ0n) is 13.1. The molecule has 12 heteroatoms. The number of aromatic nitrogens is 2. The number of nitrogens with zero attached hydrogens (tertiary/aromatic N) is 2. The SMILES string of the molecule is CCCCC(C(=O)Nn1c(O)csc1=S)C(=O)Nn1c(O)csc1=S. The van der Waals surface area contributed by atoms with Crippen LogP contribution in [0.5, 0.6) is 11.8 Å². The third-order valence-corrected chi connectivity index (χ3v) is 5.65. The van der Waals surface area contributed by atoms with E-state index in [1.807, 2.05) is 6.92 Å². The van der Waals surface area contributed by atoms with E-state index in [4.69, 9.17) is 24.4 Å². The molecule has 2 rings (SSSR count). The summed E-state index contributed by atoms with van der Waals surface area (Å²) in [7, 11) is 0. The molecular weight excluding hydrogens is 404 g/mol. The van der Waals surface area contributed by atoms with Gasteiger partial charge >= 0.3 is 0 Å².